The van der Waals surface area contributed by atoms with Gasteiger partial charge in [-0.15, -0.1) is 0 Å². The summed E-state index contributed by atoms with van der Waals surface area (Å²) in [6, 6.07) is -0.253. The summed E-state index contributed by atoms with van der Waals surface area (Å²) in [5.74, 6) is 7.63. The number of ether oxygens (including phenoxy) is 1. The topological polar surface area (TPSA) is 150 Å². The van der Waals surface area contributed by atoms with Crippen molar-refractivity contribution in [1.29, 1.82) is 0 Å². The average Bonchev–Trinajstić information content (AvgIpc) is 3.43. The summed E-state index contributed by atoms with van der Waals surface area (Å²) in [5.41, 5.74) is 1.25. The standard InChI is InChI=1S/C21H19FN10O2/c22-3-4-33-11-17(32-21-30-12-24-13-31-21)9-29-20-27-7-16(8-28-20)2-1-15-5-25-19(26-6-15)18-10-23-14-34-18/h5-8,10,12-14,17H,3-4,9,11H2,(H,27,28,29)(H,24,30,31,32)/t17-/m1/s1. The maximum Gasteiger partial charge on any atom is 0.225 e. The molecule has 13 heteroatoms. The molecule has 0 radical (unpaired) electrons. The Hall–Kier alpha value is -4.57. The lowest BCUT2D eigenvalue weighted by atomic mass is 10.3. The van der Waals surface area contributed by atoms with E-state index in [9.17, 15) is 4.39 Å². The van der Waals surface area contributed by atoms with Crippen molar-refractivity contribution in [1.82, 2.24) is 39.9 Å². The van der Waals surface area contributed by atoms with Gasteiger partial charge in [-0.2, -0.15) is 0 Å². The molecular formula is C21H19FN10O2. The van der Waals surface area contributed by atoms with Gasteiger partial charge >= 0.3 is 0 Å². The van der Waals surface area contributed by atoms with E-state index in [-0.39, 0.29) is 19.3 Å². The third-order valence-electron chi connectivity index (χ3n) is 4.18. The van der Waals surface area contributed by atoms with E-state index in [0.29, 0.717) is 41.2 Å². The first-order valence-electron chi connectivity index (χ1n) is 10.1. The van der Waals surface area contributed by atoms with Crippen molar-refractivity contribution >= 4 is 11.9 Å². The molecule has 172 valence electrons. The predicted octanol–water partition coefficient (Wildman–Crippen LogP) is 1.39. The largest absolute Gasteiger partial charge is 0.440 e. The van der Waals surface area contributed by atoms with E-state index in [1.165, 1.54) is 25.2 Å². The van der Waals surface area contributed by atoms with Gasteiger partial charge < -0.3 is 19.8 Å². The zero-order valence-corrected chi connectivity index (χ0v) is 17.8. The summed E-state index contributed by atoms with van der Waals surface area (Å²) in [4.78, 5) is 32.6. The molecule has 12 nitrogen and oxygen atoms in total. The van der Waals surface area contributed by atoms with Gasteiger partial charge in [-0.25, -0.2) is 44.3 Å². The van der Waals surface area contributed by atoms with Crippen molar-refractivity contribution in [3.05, 3.63) is 61.2 Å². The van der Waals surface area contributed by atoms with Gasteiger partial charge in [0.15, 0.2) is 18.0 Å². The highest BCUT2D eigenvalue weighted by atomic mass is 19.1. The molecule has 2 N–H and O–H groups in total. The van der Waals surface area contributed by atoms with E-state index in [1.54, 1.807) is 24.8 Å². The van der Waals surface area contributed by atoms with Gasteiger partial charge in [-0.05, 0) is 0 Å². The summed E-state index contributed by atoms with van der Waals surface area (Å²) >= 11 is 0. The van der Waals surface area contributed by atoms with Crippen LogP contribution in [0.4, 0.5) is 16.3 Å². The Labute approximate surface area is 193 Å². The highest BCUT2D eigenvalue weighted by Gasteiger charge is 2.11. The van der Waals surface area contributed by atoms with Crippen molar-refractivity contribution < 1.29 is 13.5 Å². The molecule has 0 aliphatic carbocycles. The van der Waals surface area contributed by atoms with Crippen LogP contribution in [0.1, 0.15) is 11.1 Å². The summed E-state index contributed by atoms with van der Waals surface area (Å²) in [7, 11) is 0. The molecule has 0 fully saturated rings. The van der Waals surface area contributed by atoms with Crippen molar-refractivity contribution in [3.63, 3.8) is 0 Å². The lowest BCUT2D eigenvalue weighted by Gasteiger charge is -2.18. The van der Waals surface area contributed by atoms with Gasteiger partial charge in [0, 0.05) is 31.3 Å². The van der Waals surface area contributed by atoms with Gasteiger partial charge in [0.2, 0.25) is 11.9 Å². The zero-order chi connectivity index (χ0) is 23.4. The van der Waals surface area contributed by atoms with E-state index >= 15 is 0 Å². The number of anilines is 2. The second-order valence-corrected chi connectivity index (χ2v) is 6.65. The molecule has 0 aromatic carbocycles. The summed E-state index contributed by atoms with van der Waals surface area (Å²) < 4.78 is 22.8. The molecule has 0 amide bonds. The summed E-state index contributed by atoms with van der Waals surface area (Å²) in [6.07, 6.45) is 12.0. The molecule has 0 aliphatic heterocycles. The van der Waals surface area contributed by atoms with Crippen molar-refractivity contribution in [2.45, 2.75) is 6.04 Å². The fourth-order valence-corrected chi connectivity index (χ4v) is 2.62. The molecule has 0 unspecified atom stereocenters. The third-order valence-corrected chi connectivity index (χ3v) is 4.18. The Balaban J connectivity index is 1.32. The minimum Gasteiger partial charge on any atom is -0.440 e. The molecule has 0 aliphatic rings. The Morgan fingerprint density at radius 1 is 0.882 bits per heavy atom. The number of alkyl halides is 1. The molecule has 4 aromatic heterocycles. The summed E-state index contributed by atoms with van der Waals surface area (Å²) in [6.45, 7) is 0.0731. The smallest absolute Gasteiger partial charge is 0.225 e. The van der Waals surface area contributed by atoms with Crippen LogP contribution in [0.2, 0.25) is 0 Å². The fraction of sp³-hybridized carbons (Fsp3) is 0.238. The third kappa shape index (κ3) is 6.71. The lowest BCUT2D eigenvalue weighted by molar-refractivity contribution is 0.113. The minimum atomic E-state index is -0.560. The first-order valence-corrected chi connectivity index (χ1v) is 10.1. The highest BCUT2D eigenvalue weighted by molar-refractivity contribution is 5.46. The monoisotopic (exact) mass is 462 g/mol. The van der Waals surface area contributed by atoms with Gasteiger partial charge in [-0.1, -0.05) is 11.8 Å². The number of hydrogen-bond acceptors (Lipinski definition) is 12. The van der Waals surface area contributed by atoms with Crippen LogP contribution >= 0.6 is 0 Å². The van der Waals surface area contributed by atoms with Crippen LogP contribution in [-0.2, 0) is 4.74 Å². The molecule has 0 saturated carbocycles. The van der Waals surface area contributed by atoms with Crippen LogP contribution < -0.4 is 10.6 Å². The molecule has 4 rings (SSSR count). The van der Waals surface area contributed by atoms with Crippen LogP contribution in [0.3, 0.4) is 0 Å². The molecule has 0 bridgehead atoms. The van der Waals surface area contributed by atoms with Crippen LogP contribution in [0.15, 0.2) is 54.4 Å². The Morgan fingerprint density at radius 2 is 1.59 bits per heavy atom. The number of aromatic nitrogens is 8. The van der Waals surface area contributed by atoms with Gasteiger partial charge in [0.25, 0.3) is 0 Å². The predicted molar refractivity (Wildman–Crippen MR) is 118 cm³/mol. The van der Waals surface area contributed by atoms with Crippen molar-refractivity contribution in [2.24, 2.45) is 0 Å². The van der Waals surface area contributed by atoms with E-state index in [2.05, 4.69) is 62.3 Å². The maximum absolute atomic E-state index is 12.4. The van der Waals surface area contributed by atoms with Crippen LogP contribution in [0.25, 0.3) is 11.6 Å². The number of hydrogen-bond donors (Lipinski definition) is 2. The zero-order valence-electron chi connectivity index (χ0n) is 17.8. The molecule has 4 heterocycles. The Kier molecular flexibility index (Phi) is 7.90. The molecule has 0 spiro atoms. The maximum atomic E-state index is 12.4. The molecule has 0 saturated heterocycles. The molecule has 34 heavy (non-hydrogen) atoms. The number of rotatable bonds is 10. The van der Waals surface area contributed by atoms with E-state index in [1.807, 2.05) is 0 Å². The van der Waals surface area contributed by atoms with Gasteiger partial charge in [0.05, 0.1) is 36.6 Å². The van der Waals surface area contributed by atoms with Crippen LogP contribution in [0.5, 0.6) is 0 Å². The SMILES string of the molecule is FCCOC[C@@H](CNc1ncc(C#Cc2cnc(-c3cnco3)nc2)cn1)Nc1ncncn1. The van der Waals surface area contributed by atoms with E-state index in [4.69, 9.17) is 9.15 Å². The van der Waals surface area contributed by atoms with Gasteiger partial charge in [-0.3, -0.25) is 0 Å². The molecular weight excluding hydrogens is 443 g/mol. The minimum absolute atomic E-state index is 0.00702. The van der Waals surface area contributed by atoms with Crippen molar-refractivity contribution in [3.8, 4) is 23.4 Å². The average molecular weight is 462 g/mol. The normalized spacial score (nSPS) is 11.3. The Bertz CT molecular complexity index is 1200. The van der Waals surface area contributed by atoms with Crippen LogP contribution in [-0.4, -0.2) is 72.3 Å². The van der Waals surface area contributed by atoms with Crippen molar-refractivity contribution in [2.75, 3.05) is 37.1 Å². The number of oxazole rings is 1. The summed E-state index contributed by atoms with van der Waals surface area (Å²) in [5, 5.41) is 6.20. The van der Waals surface area contributed by atoms with Gasteiger partial charge in [0.1, 0.15) is 19.3 Å². The first kappa shape index (κ1) is 22.6. The second-order valence-electron chi connectivity index (χ2n) is 6.65. The quantitative estimate of drug-likeness (QED) is 0.259. The first-order chi connectivity index (χ1) is 16.8. The number of nitrogens with zero attached hydrogens (tertiary/aromatic N) is 8. The highest BCUT2D eigenvalue weighted by Crippen LogP contribution is 2.12. The van der Waals surface area contributed by atoms with E-state index in [0.717, 1.165) is 0 Å². The number of nitrogens with one attached hydrogen (secondary N) is 2. The Morgan fingerprint density at radius 3 is 2.24 bits per heavy atom. The van der Waals surface area contributed by atoms with Crippen LogP contribution in [0, 0.1) is 11.8 Å². The fourth-order valence-electron chi connectivity index (χ4n) is 2.62. The molecule has 4 aromatic rings. The second kappa shape index (κ2) is 11.9. The van der Waals surface area contributed by atoms with E-state index < -0.39 is 6.67 Å². The number of halogens is 1. The lowest BCUT2D eigenvalue weighted by Crippen LogP contribution is -2.34. The molecule has 1 atom stereocenters.